The number of anilines is 2. The molecule has 25 heavy (non-hydrogen) atoms. The van der Waals surface area contributed by atoms with Gasteiger partial charge in [0.15, 0.2) is 0 Å². The zero-order valence-corrected chi connectivity index (χ0v) is 14.8. The van der Waals surface area contributed by atoms with Gasteiger partial charge < -0.3 is 15.3 Å². The number of para-hydroxylation sites is 2. The van der Waals surface area contributed by atoms with Crippen LogP contribution < -0.4 is 10.2 Å². The Balaban J connectivity index is 1.40. The molecule has 3 nitrogen and oxygen atoms in total. The smallest absolute Gasteiger partial charge is 0.0602 e. The number of nitrogens with zero attached hydrogens (tertiary/aromatic N) is 1. The fourth-order valence-electron chi connectivity index (χ4n) is 4.21. The standard InChI is InChI=1S/C22H28N2O/c25-20-11-13-24(14-12-20)22-8-4-3-7-21(22)23-16-17-9-10-18-5-1-2-6-19(18)15-17/h1-8,17,20,23,25H,9-16H2. The second kappa shape index (κ2) is 7.49. The maximum absolute atomic E-state index is 9.75. The Bertz CT molecular complexity index is 707. The predicted octanol–water partition coefficient (Wildman–Crippen LogP) is 3.86. The molecule has 0 amide bonds. The molecule has 0 spiro atoms. The van der Waals surface area contributed by atoms with Gasteiger partial charge in [-0.3, -0.25) is 0 Å². The molecule has 3 heteroatoms. The van der Waals surface area contributed by atoms with E-state index in [-0.39, 0.29) is 6.10 Å². The van der Waals surface area contributed by atoms with Gasteiger partial charge in [-0.2, -0.15) is 0 Å². The third-order valence-corrected chi connectivity index (χ3v) is 5.74. The van der Waals surface area contributed by atoms with Crippen molar-refractivity contribution in [3.8, 4) is 0 Å². The molecule has 1 saturated heterocycles. The maximum Gasteiger partial charge on any atom is 0.0602 e. The Morgan fingerprint density at radius 2 is 1.64 bits per heavy atom. The van der Waals surface area contributed by atoms with E-state index in [2.05, 4.69) is 58.7 Å². The van der Waals surface area contributed by atoms with Crippen LogP contribution >= 0.6 is 0 Å². The highest BCUT2D eigenvalue weighted by Crippen LogP contribution is 2.30. The Kier molecular flexibility index (Phi) is 4.93. The lowest BCUT2D eigenvalue weighted by Crippen LogP contribution is -2.36. The summed E-state index contributed by atoms with van der Waals surface area (Å²) in [5.74, 6) is 0.700. The molecule has 1 fully saturated rings. The van der Waals surface area contributed by atoms with Crippen molar-refractivity contribution in [1.29, 1.82) is 0 Å². The summed E-state index contributed by atoms with van der Waals surface area (Å²) in [6.45, 7) is 2.91. The molecule has 1 heterocycles. The van der Waals surface area contributed by atoms with Gasteiger partial charge in [0.1, 0.15) is 0 Å². The highest BCUT2D eigenvalue weighted by atomic mass is 16.3. The molecule has 1 aliphatic carbocycles. The van der Waals surface area contributed by atoms with Crippen molar-refractivity contribution in [2.75, 3.05) is 29.9 Å². The van der Waals surface area contributed by atoms with Crippen LogP contribution in [0.2, 0.25) is 0 Å². The number of aryl methyl sites for hydroxylation is 1. The molecule has 1 atom stereocenters. The minimum absolute atomic E-state index is 0.126. The molecule has 132 valence electrons. The normalized spacial score (nSPS) is 21.0. The SMILES string of the molecule is OC1CCN(c2ccccc2NCC2CCc3ccccc3C2)CC1. The van der Waals surface area contributed by atoms with Gasteiger partial charge in [0.25, 0.3) is 0 Å². The average molecular weight is 336 g/mol. The first kappa shape index (κ1) is 16.5. The van der Waals surface area contributed by atoms with E-state index in [1.807, 2.05) is 0 Å². The van der Waals surface area contributed by atoms with E-state index in [1.54, 1.807) is 0 Å². The summed E-state index contributed by atoms with van der Waals surface area (Å²) in [5, 5.41) is 13.5. The second-order valence-electron chi connectivity index (χ2n) is 7.49. The number of benzene rings is 2. The molecule has 1 unspecified atom stereocenters. The van der Waals surface area contributed by atoms with Gasteiger partial charge in [0.2, 0.25) is 0 Å². The Hall–Kier alpha value is -2.00. The van der Waals surface area contributed by atoms with Crippen LogP contribution in [-0.2, 0) is 12.8 Å². The van der Waals surface area contributed by atoms with Crippen LogP contribution in [0.4, 0.5) is 11.4 Å². The van der Waals surface area contributed by atoms with Crippen molar-refractivity contribution in [3.05, 3.63) is 59.7 Å². The number of aliphatic hydroxyl groups is 1. The summed E-state index contributed by atoms with van der Waals surface area (Å²) >= 11 is 0. The minimum Gasteiger partial charge on any atom is -0.393 e. The first-order valence-electron chi connectivity index (χ1n) is 9.62. The molecular weight excluding hydrogens is 308 g/mol. The largest absolute Gasteiger partial charge is 0.393 e. The zero-order valence-electron chi connectivity index (χ0n) is 14.8. The molecule has 2 aliphatic rings. The molecular formula is C22H28N2O. The number of hydrogen-bond donors (Lipinski definition) is 2. The van der Waals surface area contributed by atoms with Crippen LogP contribution in [-0.4, -0.2) is 30.8 Å². The van der Waals surface area contributed by atoms with E-state index >= 15 is 0 Å². The first-order chi connectivity index (χ1) is 12.3. The minimum atomic E-state index is -0.126. The van der Waals surface area contributed by atoms with Crippen molar-refractivity contribution in [2.24, 2.45) is 5.92 Å². The molecule has 2 aromatic rings. The molecule has 0 bridgehead atoms. The number of hydrogen-bond acceptors (Lipinski definition) is 3. The van der Waals surface area contributed by atoms with Crippen LogP contribution in [0.3, 0.4) is 0 Å². The number of nitrogens with one attached hydrogen (secondary N) is 1. The predicted molar refractivity (Wildman–Crippen MR) is 104 cm³/mol. The highest BCUT2D eigenvalue weighted by molar-refractivity contribution is 5.70. The molecule has 1 aliphatic heterocycles. The molecule has 0 radical (unpaired) electrons. The highest BCUT2D eigenvalue weighted by Gasteiger charge is 2.21. The van der Waals surface area contributed by atoms with E-state index in [0.29, 0.717) is 5.92 Å². The fourth-order valence-corrected chi connectivity index (χ4v) is 4.21. The van der Waals surface area contributed by atoms with Gasteiger partial charge in [-0.1, -0.05) is 36.4 Å². The molecule has 2 N–H and O–H groups in total. The number of rotatable bonds is 4. The first-order valence-corrected chi connectivity index (χ1v) is 9.62. The summed E-state index contributed by atoms with van der Waals surface area (Å²) in [5.41, 5.74) is 5.58. The summed E-state index contributed by atoms with van der Waals surface area (Å²) in [4.78, 5) is 2.41. The average Bonchev–Trinajstić information content (AvgIpc) is 2.67. The van der Waals surface area contributed by atoms with Gasteiger partial charge in [-0.15, -0.1) is 0 Å². The van der Waals surface area contributed by atoms with Gasteiger partial charge in [0, 0.05) is 19.6 Å². The van der Waals surface area contributed by atoms with Crippen LogP contribution in [0.25, 0.3) is 0 Å². The third-order valence-electron chi connectivity index (χ3n) is 5.74. The quantitative estimate of drug-likeness (QED) is 0.890. The van der Waals surface area contributed by atoms with E-state index in [0.717, 1.165) is 32.5 Å². The number of aliphatic hydroxyl groups excluding tert-OH is 1. The molecule has 4 rings (SSSR count). The Labute approximate surface area is 150 Å². The van der Waals surface area contributed by atoms with E-state index in [1.165, 1.54) is 41.8 Å². The van der Waals surface area contributed by atoms with Crippen molar-refractivity contribution >= 4 is 11.4 Å². The van der Waals surface area contributed by atoms with Crippen molar-refractivity contribution in [1.82, 2.24) is 0 Å². The van der Waals surface area contributed by atoms with Crippen molar-refractivity contribution < 1.29 is 5.11 Å². The van der Waals surface area contributed by atoms with Crippen LogP contribution in [0.5, 0.6) is 0 Å². The lowest BCUT2D eigenvalue weighted by molar-refractivity contribution is 0.145. The van der Waals surface area contributed by atoms with Crippen LogP contribution in [0.1, 0.15) is 30.4 Å². The number of fused-ring (bicyclic) bond motifs is 1. The molecule has 0 aromatic heterocycles. The summed E-state index contributed by atoms with van der Waals surface area (Å²) in [6.07, 6.45) is 5.26. The lowest BCUT2D eigenvalue weighted by atomic mass is 9.84. The van der Waals surface area contributed by atoms with E-state index < -0.39 is 0 Å². The Morgan fingerprint density at radius 1 is 0.920 bits per heavy atom. The van der Waals surface area contributed by atoms with Crippen molar-refractivity contribution in [3.63, 3.8) is 0 Å². The van der Waals surface area contributed by atoms with E-state index in [4.69, 9.17) is 0 Å². The molecule has 2 aromatic carbocycles. The van der Waals surface area contributed by atoms with Crippen LogP contribution in [0, 0.1) is 5.92 Å². The van der Waals surface area contributed by atoms with Gasteiger partial charge in [-0.25, -0.2) is 0 Å². The summed E-state index contributed by atoms with van der Waals surface area (Å²) < 4.78 is 0. The van der Waals surface area contributed by atoms with Crippen molar-refractivity contribution in [2.45, 2.75) is 38.2 Å². The summed E-state index contributed by atoms with van der Waals surface area (Å²) in [7, 11) is 0. The van der Waals surface area contributed by atoms with Gasteiger partial charge in [0.05, 0.1) is 17.5 Å². The molecule has 0 saturated carbocycles. The maximum atomic E-state index is 9.75. The summed E-state index contributed by atoms with van der Waals surface area (Å²) in [6, 6.07) is 17.5. The van der Waals surface area contributed by atoms with E-state index in [9.17, 15) is 5.11 Å². The second-order valence-corrected chi connectivity index (χ2v) is 7.49. The number of piperidine rings is 1. The zero-order chi connectivity index (χ0) is 17.1. The van der Waals surface area contributed by atoms with Crippen LogP contribution in [0.15, 0.2) is 48.5 Å². The lowest BCUT2D eigenvalue weighted by Gasteiger charge is -2.33. The monoisotopic (exact) mass is 336 g/mol. The fraction of sp³-hybridized carbons (Fsp3) is 0.455. The third kappa shape index (κ3) is 3.82. The Morgan fingerprint density at radius 3 is 2.48 bits per heavy atom. The topological polar surface area (TPSA) is 35.5 Å². The van der Waals surface area contributed by atoms with Gasteiger partial charge in [-0.05, 0) is 61.3 Å². The van der Waals surface area contributed by atoms with Gasteiger partial charge >= 0.3 is 0 Å².